The zero-order valence-corrected chi connectivity index (χ0v) is 19.6. The van der Waals surface area contributed by atoms with Gasteiger partial charge in [0.05, 0.1) is 19.2 Å². The monoisotopic (exact) mass is 452 g/mol. The zero-order valence-electron chi connectivity index (χ0n) is 18.1. The van der Waals surface area contributed by atoms with Crippen molar-refractivity contribution in [2.24, 2.45) is 5.92 Å². The van der Waals surface area contributed by atoms with Crippen molar-refractivity contribution in [2.45, 2.75) is 38.4 Å². The molecule has 0 fully saturated rings. The summed E-state index contributed by atoms with van der Waals surface area (Å²) in [4.78, 5) is 12.1. The summed E-state index contributed by atoms with van der Waals surface area (Å²) >= 11 is 7.79. The van der Waals surface area contributed by atoms with Crippen molar-refractivity contribution in [3.8, 4) is 11.5 Å². The van der Waals surface area contributed by atoms with Crippen LogP contribution in [0.3, 0.4) is 0 Å². The number of hydrogen-bond donors (Lipinski definition) is 1. The van der Waals surface area contributed by atoms with Gasteiger partial charge in [0.25, 0.3) is 0 Å². The number of nitrogens with one attached hydrogen (secondary N) is 1. The van der Waals surface area contributed by atoms with Crippen LogP contribution in [0.25, 0.3) is 6.08 Å². The Bertz CT molecular complexity index is 883. The number of benzene rings is 1. The molecule has 1 heterocycles. The van der Waals surface area contributed by atoms with E-state index in [1.54, 1.807) is 37.1 Å². The Morgan fingerprint density at radius 1 is 1.30 bits per heavy atom. The van der Waals surface area contributed by atoms with E-state index in [1.165, 1.54) is 13.2 Å². The van der Waals surface area contributed by atoms with Gasteiger partial charge in [0.2, 0.25) is 5.91 Å². The van der Waals surface area contributed by atoms with E-state index in [0.29, 0.717) is 29.0 Å². The molecule has 0 spiro atoms. The lowest BCUT2D eigenvalue weighted by molar-refractivity contribution is -0.116. The van der Waals surface area contributed by atoms with Crippen LogP contribution in [0, 0.1) is 5.92 Å². The number of methoxy groups -OCH3 is 2. The summed E-state index contributed by atoms with van der Waals surface area (Å²) in [7, 11) is 3.07. The molecule has 0 radical (unpaired) electrons. The van der Waals surface area contributed by atoms with Crippen LogP contribution in [0.1, 0.15) is 31.7 Å². The number of aromatic nitrogens is 3. The molecule has 1 aromatic heterocycles. The van der Waals surface area contributed by atoms with E-state index in [1.807, 2.05) is 6.26 Å². The largest absolute Gasteiger partial charge is 0.493 e. The molecule has 0 atom stereocenters. The molecule has 7 nitrogen and oxygen atoms in total. The lowest BCUT2D eigenvalue weighted by Crippen LogP contribution is -2.23. The molecule has 0 bridgehead atoms. The highest BCUT2D eigenvalue weighted by Crippen LogP contribution is 2.36. The van der Waals surface area contributed by atoms with Gasteiger partial charge in [0, 0.05) is 25.6 Å². The van der Waals surface area contributed by atoms with Crippen molar-refractivity contribution in [1.82, 2.24) is 20.1 Å². The van der Waals surface area contributed by atoms with Crippen molar-refractivity contribution >= 4 is 35.3 Å². The van der Waals surface area contributed by atoms with Crippen LogP contribution in [0.5, 0.6) is 11.5 Å². The van der Waals surface area contributed by atoms with Gasteiger partial charge in [0.1, 0.15) is 5.82 Å². The SMILES string of the molecule is COc1cc(C=CC(=O)NCCCc2nnc(SC)n2CC(C)C)cc(Cl)c1OC. The highest BCUT2D eigenvalue weighted by Gasteiger charge is 2.12. The minimum atomic E-state index is -0.172. The highest BCUT2D eigenvalue weighted by molar-refractivity contribution is 7.98. The van der Waals surface area contributed by atoms with Gasteiger partial charge >= 0.3 is 0 Å². The number of amides is 1. The van der Waals surface area contributed by atoms with E-state index >= 15 is 0 Å². The van der Waals surface area contributed by atoms with Crippen LogP contribution < -0.4 is 14.8 Å². The molecule has 30 heavy (non-hydrogen) atoms. The van der Waals surface area contributed by atoms with Gasteiger partial charge in [-0.2, -0.15) is 0 Å². The Morgan fingerprint density at radius 2 is 2.07 bits per heavy atom. The first kappa shape index (κ1) is 24.1. The first-order valence-electron chi connectivity index (χ1n) is 9.73. The second kappa shape index (κ2) is 11.9. The number of rotatable bonds is 11. The summed E-state index contributed by atoms with van der Waals surface area (Å²) in [5.41, 5.74) is 0.749. The van der Waals surface area contributed by atoms with Crippen LogP contribution in [0.4, 0.5) is 0 Å². The van der Waals surface area contributed by atoms with E-state index in [-0.39, 0.29) is 5.91 Å². The van der Waals surface area contributed by atoms with Crippen molar-refractivity contribution in [1.29, 1.82) is 0 Å². The van der Waals surface area contributed by atoms with Crippen LogP contribution in [-0.4, -0.2) is 47.7 Å². The van der Waals surface area contributed by atoms with Crippen molar-refractivity contribution < 1.29 is 14.3 Å². The molecule has 0 saturated carbocycles. The minimum Gasteiger partial charge on any atom is -0.493 e. The van der Waals surface area contributed by atoms with Gasteiger partial charge in [-0.15, -0.1) is 10.2 Å². The Kier molecular flexibility index (Phi) is 9.52. The molecule has 2 rings (SSSR count). The van der Waals surface area contributed by atoms with Crippen LogP contribution in [-0.2, 0) is 17.8 Å². The van der Waals surface area contributed by atoms with Crippen molar-refractivity contribution in [3.63, 3.8) is 0 Å². The number of halogens is 1. The van der Waals surface area contributed by atoms with Gasteiger partial charge in [-0.1, -0.05) is 37.2 Å². The van der Waals surface area contributed by atoms with E-state index in [9.17, 15) is 4.79 Å². The maximum atomic E-state index is 12.1. The van der Waals surface area contributed by atoms with E-state index in [4.69, 9.17) is 21.1 Å². The second-order valence-electron chi connectivity index (χ2n) is 7.07. The molecule has 1 aromatic carbocycles. The average molecular weight is 453 g/mol. The van der Waals surface area contributed by atoms with Gasteiger partial charge in [-0.05, 0) is 42.4 Å². The predicted molar refractivity (Wildman–Crippen MR) is 122 cm³/mol. The molecule has 0 unspecified atom stereocenters. The van der Waals surface area contributed by atoms with E-state index < -0.39 is 0 Å². The van der Waals surface area contributed by atoms with E-state index in [0.717, 1.165) is 35.9 Å². The Balaban J connectivity index is 1.88. The predicted octanol–water partition coefficient (Wildman–Crippen LogP) is 4.09. The van der Waals surface area contributed by atoms with Gasteiger partial charge in [-0.25, -0.2) is 0 Å². The first-order chi connectivity index (χ1) is 14.4. The number of carbonyl (C=O) groups is 1. The van der Waals surface area contributed by atoms with Crippen molar-refractivity contribution in [2.75, 3.05) is 27.0 Å². The number of thioether (sulfide) groups is 1. The molecule has 0 aliphatic rings. The lowest BCUT2D eigenvalue weighted by atomic mass is 10.2. The minimum absolute atomic E-state index is 0.172. The lowest BCUT2D eigenvalue weighted by Gasteiger charge is -2.11. The Labute approximate surface area is 187 Å². The normalized spacial score (nSPS) is 11.3. The second-order valence-corrected chi connectivity index (χ2v) is 8.25. The molecule has 9 heteroatoms. The van der Waals surface area contributed by atoms with Gasteiger partial charge in [-0.3, -0.25) is 4.79 Å². The molecule has 0 saturated heterocycles. The molecule has 1 amide bonds. The third kappa shape index (κ3) is 6.67. The zero-order chi connectivity index (χ0) is 22.1. The van der Waals surface area contributed by atoms with Crippen LogP contribution in [0.15, 0.2) is 23.4 Å². The molecular formula is C21H29ClN4O3S. The molecule has 0 aliphatic heterocycles. The number of nitrogens with zero attached hydrogens (tertiary/aromatic N) is 3. The summed E-state index contributed by atoms with van der Waals surface area (Å²) in [6.45, 7) is 5.79. The van der Waals surface area contributed by atoms with Crippen molar-refractivity contribution in [3.05, 3.63) is 34.6 Å². The summed E-state index contributed by atoms with van der Waals surface area (Å²) in [6, 6.07) is 3.48. The molecule has 0 aliphatic carbocycles. The maximum Gasteiger partial charge on any atom is 0.243 e. The third-order valence-corrected chi connectivity index (χ3v) is 5.23. The maximum absolute atomic E-state index is 12.1. The fourth-order valence-electron chi connectivity index (χ4n) is 2.93. The molecular weight excluding hydrogens is 424 g/mol. The molecule has 164 valence electrons. The quantitative estimate of drug-likeness (QED) is 0.314. The van der Waals surface area contributed by atoms with Crippen LogP contribution >= 0.6 is 23.4 Å². The molecule has 2 aromatic rings. The topological polar surface area (TPSA) is 78.3 Å². The number of hydrogen-bond acceptors (Lipinski definition) is 6. The van der Waals surface area contributed by atoms with E-state index in [2.05, 4.69) is 33.9 Å². The standard InChI is InChI=1S/C21H29ClN4O3S/c1-14(2)13-26-18(24-25-21(26)30-5)7-6-10-23-19(27)9-8-15-11-16(22)20(29-4)17(12-15)28-3/h8-9,11-12,14H,6-7,10,13H2,1-5H3,(H,23,27). The summed E-state index contributed by atoms with van der Waals surface area (Å²) in [5.74, 6) is 2.28. The number of aryl methyl sites for hydroxylation is 1. The smallest absolute Gasteiger partial charge is 0.243 e. The van der Waals surface area contributed by atoms with Crippen LogP contribution in [0.2, 0.25) is 5.02 Å². The van der Waals surface area contributed by atoms with Gasteiger partial charge < -0.3 is 19.4 Å². The summed E-state index contributed by atoms with van der Waals surface area (Å²) in [5, 5.41) is 12.8. The number of carbonyl (C=O) groups excluding carboxylic acids is 1. The summed E-state index contributed by atoms with van der Waals surface area (Å²) in [6.07, 6.45) is 6.71. The molecule has 1 N–H and O–H groups in total. The Hall–Kier alpha value is -2.19. The number of ether oxygens (including phenoxy) is 2. The average Bonchev–Trinajstić information content (AvgIpc) is 3.09. The Morgan fingerprint density at radius 3 is 2.70 bits per heavy atom. The highest BCUT2D eigenvalue weighted by atomic mass is 35.5. The van der Waals surface area contributed by atoms with Gasteiger partial charge in [0.15, 0.2) is 16.7 Å². The fraction of sp³-hybridized carbons (Fsp3) is 0.476. The summed E-state index contributed by atoms with van der Waals surface area (Å²) < 4.78 is 12.7. The third-order valence-electron chi connectivity index (χ3n) is 4.28. The first-order valence-corrected chi connectivity index (χ1v) is 11.3. The fourth-order valence-corrected chi connectivity index (χ4v) is 3.75.